The van der Waals surface area contributed by atoms with Crippen molar-refractivity contribution < 1.29 is 13.6 Å². The van der Waals surface area contributed by atoms with E-state index in [9.17, 15) is 18.4 Å². The van der Waals surface area contributed by atoms with Gasteiger partial charge in [-0.15, -0.1) is 11.3 Å². The topological polar surface area (TPSA) is 64.0 Å². The number of hydrogen-bond acceptors (Lipinski definition) is 4. The van der Waals surface area contributed by atoms with Crippen molar-refractivity contribution in [2.45, 2.75) is 13.5 Å². The molecular formula is C21H14ClF2N3O2S. The predicted octanol–water partition coefficient (Wildman–Crippen LogP) is 5.00. The van der Waals surface area contributed by atoms with Crippen molar-refractivity contribution in [2.24, 2.45) is 0 Å². The van der Waals surface area contributed by atoms with Gasteiger partial charge in [0.05, 0.1) is 16.7 Å². The van der Waals surface area contributed by atoms with E-state index in [1.807, 2.05) is 6.92 Å². The number of aryl methyl sites for hydroxylation is 1. The summed E-state index contributed by atoms with van der Waals surface area (Å²) in [6, 6.07) is 9.66. The summed E-state index contributed by atoms with van der Waals surface area (Å²) in [6.45, 7) is 1.58. The normalized spacial score (nSPS) is 11.1. The van der Waals surface area contributed by atoms with Gasteiger partial charge in [0.15, 0.2) is 0 Å². The molecule has 2 heterocycles. The third-order valence-electron chi connectivity index (χ3n) is 4.51. The molecule has 1 amide bonds. The molecule has 2 aromatic heterocycles. The maximum absolute atomic E-state index is 13.3. The Hall–Kier alpha value is -3.10. The molecule has 0 bridgehead atoms. The maximum atomic E-state index is 13.3. The fourth-order valence-electron chi connectivity index (χ4n) is 3.14. The zero-order chi connectivity index (χ0) is 21.4. The fourth-order valence-corrected chi connectivity index (χ4v) is 4.33. The minimum atomic E-state index is -0.596. The molecule has 4 aromatic rings. The van der Waals surface area contributed by atoms with Gasteiger partial charge in [-0.2, -0.15) is 0 Å². The molecule has 0 aliphatic heterocycles. The number of benzene rings is 2. The highest BCUT2D eigenvalue weighted by Crippen LogP contribution is 2.35. The molecule has 0 radical (unpaired) electrons. The van der Waals surface area contributed by atoms with Crippen LogP contribution < -0.4 is 10.9 Å². The largest absolute Gasteiger partial charge is 0.324 e. The molecule has 0 spiro atoms. The molecule has 1 N–H and O–H groups in total. The van der Waals surface area contributed by atoms with Crippen LogP contribution in [0.1, 0.15) is 4.88 Å². The van der Waals surface area contributed by atoms with Crippen LogP contribution in [0.3, 0.4) is 0 Å². The Bertz CT molecular complexity index is 1330. The van der Waals surface area contributed by atoms with Crippen LogP contribution in [0, 0.1) is 18.6 Å². The van der Waals surface area contributed by atoms with Gasteiger partial charge >= 0.3 is 0 Å². The molecule has 152 valence electrons. The highest BCUT2D eigenvalue weighted by Gasteiger charge is 2.18. The molecule has 0 atom stereocenters. The number of anilines is 1. The number of amides is 1. The average Bonchev–Trinajstić information content (AvgIpc) is 3.04. The van der Waals surface area contributed by atoms with Crippen molar-refractivity contribution in [3.8, 4) is 11.1 Å². The van der Waals surface area contributed by atoms with Crippen LogP contribution >= 0.6 is 22.9 Å². The van der Waals surface area contributed by atoms with E-state index in [1.54, 1.807) is 12.1 Å². The van der Waals surface area contributed by atoms with Crippen molar-refractivity contribution in [3.05, 3.63) is 80.7 Å². The first-order valence-corrected chi connectivity index (χ1v) is 10.0. The number of thiophene rings is 1. The van der Waals surface area contributed by atoms with Crippen LogP contribution in [0.15, 0.2) is 53.6 Å². The van der Waals surface area contributed by atoms with Crippen molar-refractivity contribution in [1.82, 2.24) is 9.55 Å². The minimum absolute atomic E-state index is 0.120. The lowest BCUT2D eigenvalue weighted by Gasteiger charge is -2.08. The number of aromatic nitrogens is 2. The number of nitrogens with zero attached hydrogens (tertiary/aromatic N) is 2. The Morgan fingerprint density at radius 3 is 2.63 bits per heavy atom. The summed E-state index contributed by atoms with van der Waals surface area (Å²) >= 11 is 7.08. The van der Waals surface area contributed by atoms with Crippen molar-refractivity contribution in [2.75, 3.05) is 5.32 Å². The number of halogens is 3. The van der Waals surface area contributed by atoms with Gasteiger partial charge < -0.3 is 5.32 Å². The maximum Gasteiger partial charge on any atom is 0.263 e. The summed E-state index contributed by atoms with van der Waals surface area (Å²) in [5.41, 5.74) is 1.30. The Morgan fingerprint density at radius 1 is 1.20 bits per heavy atom. The second-order valence-electron chi connectivity index (χ2n) is 6.57. The summed E-state index contributed by atoms with van der Waals surface area (Å²) in [4.78, 5) is 31.2. The summed E-state index contributed by atoms with van der Waals surface area (Å²) in [5, 5.41) is 2.83. The summed E-state index contributed by atoms with van der Waals surface area (Å²) in [7, 11) is 0. The van der Waals surface area contributed by atoms with Gasteiger partial charge in [0.25, 0.3) is 5.56 Å². The molecule has 0 aliphatic carbocycles. The summed E-state index contributed by atoms with van der Waals surface area (Å²) in [6.07, 6.45) is 1.31. The fraction of sp³-hybridized carbons (Fsp3) is 0.0952. The monoisotopic (exact) mass is 445 g/mol. The van der Waals surface area contributed by atoms with E-state index >= 15 is 0 Å². The Morgan fingerprint density at radius 2 is 1.93 bits per heavy atom. The van der Waals surface area contributed by atoms with Crippen molar-refractivity contribution in [3.63, 3.8) is 0 Å². The smallest absolute Gasteiger partial charge is 0.263 e. The molecule has 9 heteroatoms. The van der Waals surface area contributed by atoms with Gasteiger partial charge in [-0.25, -0.2) is 13.8 Å². The second-order valence-corrected chi connectivity index (χ2v) is 8.19. The molecule has 4 rings (SSSR count). The molecular weight excluding hydrogens is 432 g/mol. The molecule has 0 saturated carbocycles. The SMILES string of the molecule is Cc1sc2ncn(CC(=O)Nc3ccc(F)c(Cl)c3)c(=O)c2c1-c1ccc(F)cc1. The third-order valence-corrected chi connectivity index (χ3v) is 5.81. The number of rotatable bonds is 4. The summed E-state index contributed by atoms with van der Waals surface area (Å²) < 4.78 is 27.8. The standard InChI is InChI=1S/C21H14ClF2N3O2S/c1-11-18(12-2-4-13(23)5-3-12)19-20(30-11)25-10-27(21(19)29)9-17(28)26-14-6-7-16(24)15(22)8-14/h2-8,10H,9H2,1H3,(H,26,28). The van der Waals surface area contributed by atoms with Gasteiger partial charge in [0, 0.05) is 16.1 Å². The Kier molecular flexibility index (Phi) is 5.36. The number of carbonyl (C=O) groups is 1. The molecule has 30 heavy (non-hydrogen) atoms. The first kappa shape index (κ1) is 20.2. The number of nitrogens with one attached hydrogen (secondary N) is 1. The predicted molar refractivity (Wildman–Crippen MR) is 114 cm³/mol. The zero-order valence-electron chi connectivity index (χ0n) is 15.6. The van der Waals surface area contributed by atoms with E-state index in [0.717, 1.165) is 10.9 Å². The molecule has 5 nitrogen and oxygen atoms in total. The van der Waals surface area contributed by atoms with Gasteiger partial charge in [-0.05, 0) is 42.8 Å². The molecule has 0 fully saturated rings. The highest BCUT2D eigenvalue weighted by atomic mass is 35.5. The highest BCUT2D eigenvalue weighted by molar-refractivity contribution is 7.19. The second kappa shape index (κ2) is 7.97. The average molecular weight is 446 g/mol. The van der Waals surface area contributed by atoms with E-state index in [1.165, 1.54) is 46.5 Å². The lowest BCUT2D eigenvalue weighted by molar-refractivity contribution is -0.116. The van der Waals surface area contributed by atoms with Gasteiger partial charge in [-0.1, -0.05) is 23.7 Å². The lowest BCUT2D eigenvalue weighted by Crippen LogP contribution is -2.27. The molecule has 0 unspecified atom stereocenters. The molecule has 2 aromatic carbocycles. The van der Waals surface area contributed by atoms with E-state index in [4.69, 9.17) is 11.6 Å². The first-order chi connectivity index (χ1) is 14.3. The molecule has 0 saturated heterocycles. The van der Waals surface area contributed by atoms with Crippen LogP contribution in [0.25, 0.3) is 21.3 Å². The minimum Gasteiger partial charge on any atom is -0.324 e. The quantitative estimate of drug-likeness (QED) is 0.480. The van der Waals surface area contributed by atoms with Gasteiger partial charge in [-0.3, -0.25) is 14.2 Å². The number of hydrogen-bond donors (Lipinski definition) is 1. The van der Waals surface area contributed by atoms with E-state index in [-0.39, 0.29) is 22.9 Å². The third kappa shape index (κ3) is 3.83. The van der Waals surface area contributed by atoms with Crippen LogP contribution in [0.2, 0.25) is 5.02 Å². The van der Waals surface area contributed by atoms with E-state index < -0.39 is 11.7 Å². The zero-order valence-corrected chi connectivity index (χ0v) is 17.2. The van der Waals surface area contributed by atoms with E-state index in [0.29, 0.717) is 27.0 Å². The van der Waals surface area contributed by atoms with Crippen LogP contribution in [0.4, 0.5) is 14.5 Å². The number of carbonyl (C=O) groups excluding carboxylic acids is 1. The Balaban J connectivity index is 1.68. The van der Waals surface area contributed by atoms with Gasteiger partial charge in [0.1, 0.15) is 23.0 Å². The van der Waals surface area contributed by atoms with Crippen molar-refractivity contribution >= 4 is 44.7 Å². The molecule has 0 aliphatic rings. The van der Waals surface area contributed by atoms with Gasteiger partial charge in [0.2, 0.25) is 5.91 Å². The summed E-state index contributed by atoms with van der Waals surface area (Å²) in [5.74, 6) is -1.46. The van der Waals surface area contributed by atoms with E-state index in [2.05, 4.69) is 10.3 Å². The van der Waals surface area contributed by atoms with Crippen LogP contribution in [-0.4, -0.2) is 15.5 Å². The van der Waals surface area contributed by atoms with Crippen molar-refractivity contribution in [1.29, 1.82) is 0 Å². The Labute approximate surface area is 178 Å². The van der Waals surface area contributed by atoms with Crippen LogP contribution in [0.5, 0.6) is 0 Å². The first-order valence-electron chi connectivity index (χ1n) is 8.83. The lowest BCUT2D eigenvalue weighted by atomic mass is 10.0. The number of fused-ring (bicyclic) bond motifs is 1. The van der Waals surface area contributed by atoms with Crippen LogP contribution in [-0.2, 0) is 11.3 Å².